The lowest BCUT2D eigenvalue weighted by Gasteiger charge is -2.26. The summed E-state index contributed by atoms with van der Waals surface area (Å²) < 4.78 is 4.91. The Morgan fingerprint density at radius 2 is 1.55 bits per heavy atom. The topological polar surface area (TPSA) is 69.9 Å². The maximum atomic E-state index is 8.84. The van der Waals surface area contributed by atoms with Crippen molar-refractivity contribution in [1.82, 2.24) is 0 Å². The first-order valence-electron chi connectivity index (χ1n) is 3.56. The molecule has 0 rings (SSSR count). The Balaban J connectivity index is 3.84. The maximum Gasteiger partial charge on any atom is 0.145 e. The zero-order chi connectivity index (χ0) is 8.74. The van der Waals surface area contributed by atoms with Crippen LogP contribution in [-0.2, 0) is 4.43 Å². The highest BCUT2D eigenvalue weighted by Gasteiger charge is 2.27. The fraction of sp³-hybridized carbons (Fsp3) is 1.00. The molecule has 11 heavy (non-hydrogen) atoms. The van der Waals surface area contributed by atoms with Crippen LogP contribution in [0.4, 0.5) is 0 Å². The monoisotopic (exact) mass is 180 g/mol. The van der Waals surface area contributed by atoms with Gasteiger partial charge in [-0.05, 0) is 6.42 Å². The molecule has 0 spiro atoms. The summed E-state index contributed by atoms with van der Waals surface area (Å²) in [6, 6.07) is 0. The fourth-order valence-corrected chi connectivity index (χ4v) is 0.910. The summed E-state index contributed by atoms with van der Waals surface area (Å²) in [5, 5.41) is 26.5. The molecule has 0 aromatic carbocycles. The third-order valence-electron chi connectivity index (χ3n) is 1.84. The predicted molar refractivity (Wildman–Crippen MR) is 44.2 cm³/mol. The number of rotatable bonds is 6. The summed E-state index contributed by atoms with van der Waals surface area (Å²) >= 11 is 0. The first kappa shape index (κ1) is 11.1. The molecule has 0 atom stereocenters. The van der Waals surface area contributed by atoms with Gasteiger partial charge in [-0.2, -0.15) is 0 Å². The van der Waals surface area contributed by atoms with Crippen LogP contribution < -0.4 is 0 Å². The van der Waals surface area contributed by atoms with Gasteiger partial charge in [-0.25, -0.2) is 0 Å². The Labute approximate surface area is 69.4 Å². The Bertz CT molecular complexity index is 86.3. The first-order chi connectivity index (χ1) is 5.24. The highest BCUT2D eigenvalue weighted by molar-refractivity contribution is 5.97. The molecule has 0 unspecified atom stereocenters. The lowest BCUT2D eigenvalue weighted by atomic mass is 9.88. The van der Waals surface area contributed by atoms with Crippen LogP contribution in [0.2, 0.25) is 0 Å². The lowest BCUT2D eigenvalue weighted by molar-refractivity contribution is -0.00833. The van der Waals surface area contributed by atoms with Crippen molar-refractivity contribution in [1.29, 1.82) is 0 Å². The molecule has 0 saturated carbocycles. The number of hydrogen-bond acceptors (Lipinski definition) is 4. The van der Waals surface area contributed by atoms with E-state index in [-0.39, 0.29) is 19.8 Å². The second-order valence-corrected chi connectivity index (χ2v) is 3.29. The average molecular weight is 180 g/mol. The third-order valence-corrected chi connectivity index (χ3v) is 2.25. The minimum atomic E-state index is -0.760. The summed E-state index contributed by atoms with van der Waals surface area (Å²) in [6.45, 7) is -0.116. The van der Waals surface area contributed by atoms with E-state index in [4.69, 9.17) is 19.7 Å². The second kappa shape index (κ2) is 5.67. The van der Waals surface area contributed by atoms with Gasteiger partial charge in [0.2, 0.25) is 0 Å². The van der Waals surface area contributed by atoms with Gasteiger partial charge in [-0.1, -0.05) is 0 Å². The van der Waals surface area contributed by atoms with E-state index in [2.05, 4.69) is 0 Å². The Morgan fingerprint density at radius 3 is 1.82 bits per heavy atom. The molecule has 4 nitrogen and oxygen atoms in total. The van der Waals surface area contributed by atoms with E-state index in [9.17, 15) is 0 Å². The molecule has 3 N–H and O–H groups in total. The van der Waals surface area contributed by atoms with Gasteiger partial charge >= 0.3 is 0 Å². The molecule has 68 valence electrons. The molecule has 0 aliphatic rings. The summed E-state index contributed by atoms with van der Waals surface area (Å²) in [4.78, 5) is 0. The van der Waals surface area contributed by atoms with E-state index < -0.39 is 5.41 Å². The lowest BCUT2D eigenvalue weighted by Crippen LogP contribution is -2.35. The summed E-state index contributed by atoms with van der Waals surface area (Å²) in [5.74, 6) is 0. The minimum absolute atomic E-state index is 0.203. The molecule has 0 bridgehead atoms. The third kappa shape index (κ3) is 3.30. The highest BCUT2D eigenvalue weighted by Crippen LogP contribution is 2.19. The van der Waals surface area contributed by atoms with E-state index in [1.807, 2.05) is 0 Å². The van der Waals surface area contributed by atoms with Crippen LogP contribution in [0.15, 0.2) is 0 Å². The van der Waals surface area contributed by atoms with Crippen LogP contribution in [0.3, 0.4) is 0 Å². The zero-order valence-electron chi connectivity index (χ0n) is 6.79. The molecule has 0 radical (unpaired) electrons. The quantitative estimate of drug-likeness (QED) is 0.400. The van der Waals surface area contributed by atoms with Crippen molar-refractivity contribution in [3.05, 3.63) is 0 Å². The van der Waals surface area contributed by atoms with Gasteiger partial charge in [-0.3, -0.25) is 0 Å². The smallest absolute Gasteiger partial charge is 0.145 e. The first-order valence-corrected chi connectivity index (χ1v) is 4.38. The average Bonchev–Trinajstić information content (AvgIpc) is 2.08. The van der Waals surface area contributed by atoms with Gasteiger partial charge in [0.05, 0.1) is 19.8 Å². The summed E-state index contributed by atoms with van der Waals surface area (Å²) in [6.07, 6.45) is 0.500. The molecule has 0 amide bonds. The van der Waals surface area contributed by atoms with E-state index in [1.165, 1.54) is 0 Å². The zero-order valence-corrected chi connectivity index (χ0v) is 8.79. The Kier molecular flexibility index (Phi) is 5.70. The molecule has 0 aromatic heterocycles. The van der Waals surface area contributed by atoms with Crippen LogP contribution in [0.1, 0.15) is 6.42 Å². The van der Waals surface area contributed by atoms with E-state index in [1.54, 1.807) is 0 Å². The fourth-order valence-electron chi connectivity index (χ4n) is 0.706. The van der Waals surface area contributed by atoms with Gasteiger partial charge in [0, 0.05) is 12.0 Å². The van der Waals surface area contributed by atoms with Gasteiger partial charge in [0.1, 0.15) is 10.5 Å². The summed E-state index contributed by atoms with van der Waals surface area (Å²) in [7, 11) is 0.645. The van der Waals surface area contributed by atoms with Crippen molar-refractivity contribution in [2.45, 2.75) is 6.42 Å². The van der Waals surface area contributed by atoms with Crippen LogP contribution >= 0.6 is 0 Å². The van der Waals surface area contributed by atoms with Crippen molar-refractivity contribution in [2.75, 3.05) is 26.4 Å². The normalized spacial score (nSPS) is 12.3. The van der Waals surface area contributed by atoms with Crippen LogP contribution in [0, 0.1) is 5.41 Å². The second-order valence-electron chi connectivity index (χ2n) is 2.72. The van der Waals surface area contributed by atoms with Crippen LogP contribution in [0.5, 0.6) is 0 Å². The molecule has 0 aliphatic heterocycles. The largest absolute Gasteiger partial charge is 0.428 e. The van der Waals surface area contributed by atoms with Gasteiger partial charge < -0.3 is 19.7 Å². The van der Waals surface area contributed by atoms with Gasteiger partial charge in [-0.15, -0.1) is 0 Å². The molecular weight excluding hydrogens is 164 g/mol. The number of hydrogen-bond donors (Lipinski definition) is 3. The van der Waals surface area contributed by atoms with E-state index in [0.29, 0.717) is 23.5 Å². The molecule has 5 heteroatoms. The molecule has 0 heterocycles. The molecule has 0 fully saturated rings. The minimum Gasteiger partial charge on any atom is -0.428 e. The molecular formula is C6H16O4Si. The Hall–Kier alpha value is 0.0569. The van der Waals surface area contributed by atoms with E-state index in [0.717, 1.165) is 0 Å². The van der Waals surface area contributed by atoms with Crippen molar-refractivity contribution < 1.29 is 19.7 Å². The molecule has 0 saturated heterocycles. The summed E-state index contributed by atoms with van der Waals surface area (Å²) in [5.41, 5.74) is -0.760. The maximum absolute atomic E-state index is 8.84. The predicted octanol–water partition coefficient (Wildman–Crippen LogP) is -2.36. The van der Waals surface area contributed by atoms with Crippen molar-refractivity contribution in [3.8, 4) is 0 Å². The van der Waals surface area contributed by atoms with Crippen LogP contribution in [0.25, 0.3) is 0 Å². The van der Waals surface area contributed by atoms with E-state index >= 15 is 0 Å². The molecule has 0 aromatic rings. The van der Waals surface area contributed by atoms with Crippen molar-refractivity contribution >= 4 is 10.5 Å². The number of aliphatic hydroxyl groups excluding tert-OH is 3. The van der Waals surface area contributed by atoms with Crippen molar-refractivity contribution in [3.63, 3.8) is 0 Å². The SMILES string of the molecule is OCC(CO)(CO)CCO[SiH3]. The number of aliphatic hydroxyl groups is 3. The standard InChI is InChI=1S/C6H16O4Si/c7-3-6(4-8,5-9)1-2-10-11/h7-9H,1-5H2,11H3. The van der Waals surface area contributed by atoms with Gasteiger partial charge in [0.25, 0.3) is 0 Å². The van der Waals surface area contributed by atoms with Gasteiger partial charge in [0.15, 0.2) is 0 Å². The Morgan fingerprint density at radius 1 is 1.09 bits per heavy atom. The van der Waals surface area contributed by atoms with Crippen molar-refractivity contribution in [2.24, 2.45) is 5.41 Å². The van der Waals surface area contributed by atoms with Crippen LogP contribution in [-0.4, -0.2) is 52.2 Å². The highest BCUT2D eigenvalue weighted by atomic mass is 28.2. The molecule has 0 aliphatic carbocycles.